The number of benzene rings is 1. The van der Waals surface area contributed by atoms with Crippen molar-refractivity contribution in [2.45, 2.75) is 32.6 Å². The maximum atomic E-state index is 13.2. The second-order valence-corrected chi connectivity index (χ2v) is 4.80. The van der Waals surface area contributed by atoms with Crippen LogP contribution in [-0.2, 0) is 9.59 Å². The van der Waals surface area contributed by atoms with Crippen LogP contribution in [0.15, 0.2) is 18.2 Å². The lowest BCUT2D eigenvalue weighted by atomic mass is 10.2. The van der Waals surface area contributed by atoms with Gasteiger partial charge in [0.05, 0.1) is 11.4 Å². The van der Waals surface area contributed by atoms with Crippen LogP contribution in [0.1, 0.15) is 32.6 Å². The highest BCUT2D eigenvalue weighted by Crippen LogP contribution is 2.23. The van der Waals surface area contributed by atoms with Crippen molar-refractivity contribution in [1.29, 1.82) is 0 Å². The van der Waals surface area contributed by atoms with Gasteiger partial charge in [0, 0.05) is 18.7 Å². The number of amides is 1. The minimum absolute atomic E-state index is 0.0415. The first-order valence-electron chi connectivity index (χ1n) is 6.43. The highest BCUT2D eigenvalue weighted by atomic mass is 35.5. The van der Waals surface area contributed by atoms with Gasteiger partial charge in [0.25, 0.3) is 0 Å². The fourth-order valence-corrected chi connectivity index (χ4v) is 1.90. The van der Waals surface area contributed by atoms with E-state index in [1.54, 1.807) is 0 Å². The summed E-state index contributed by atoms with van der Waals surface area (Å²) in [6.45, 7) is 2.00. The average Bonchev–Trinajstić information content (AvgIpc) is 2.40. The molecule has 0 unspecified atom stereocenters. The predicted molar refractivity (Wildman–Crippen MR) is 75.5 cm³/mol. The number of unbranched alkanes of at least 4 members (excludes halogenated alkanes) is 1. The Morgan fingerprint density at radius 1 is 1.35 bits per heavy atom. The van der Waals surface area contributed by atoms with Gasteiger partial charge in [0.1, 0.15) is 5.82 Å². The molecule has 0 bridgehead atoms. The topological polar surface area (TPSA) is 57.6 Å². The van der Waals surface area contributed by atoms with Crippen molar-refractivity contribution >= 4 is 29.2 Å². The number of rotatable bonds is 7. The number of anilines is 1. The Bertz CT molecular complexity index is 493. The maximum absolute atomic E-state index is 13.2. The van der Waals surface area contributed by atoms with Crippen molar-refractivity contribution in [2.75, 3.05) is 11.4 Å². The van der Waals surface area contributed by atoms with Crippen molar-refractivity contribution in [1.82, 2.24) is 0 Å². The van der Waals surface area contributed by atoms with E-state index in [0.29, 0.717) is 12.1 Å². The molecule has 4 nitrogen and oxygen atoms in total. The third kappa shape index (κ3) is 4.81. The molecule has 0 heterocycles. The summed E-state index contributed by atoms with van der Waals surface area (Å²) in [6, 6.07) is 3.92. The fraction of sp³-hybridized carbons (Fsp3) is 0.429. The number of halogens is 2. The zero-order chi connectivity index (χ0) is 15.1. The minimum Gasteiger partial charge on any atom is -0.481 e. The number of hydrogen-bond acceptors (Lipinski definition) is 2. The van der Waals surface area contributed by atoms with Crippen molar-refractivity contribution in [2.24, 2.45) is 0 Å². The lowest BCUT2D eigenvalue weighted by Gasteiger charge is -2.22. The van der Waals surface area contributed by atoms with Crippen LogP contribution >= 0.6 is 11.6 Å². The summed E-state index contributed by atoms with van der Waals surface area (Å²) in [5, 5.41) is 8.65. The molecule has 0 aliphatic rings. The molecule has 0 aliphatic carbocycles. The van der Waals surface area contributed by atoms with Crippen molar-refractivity contribution < 1.29 is 19.1 Å². The molecule has 0 atom stereocenters. The van der Waals surface area contributed by atoms with Gasteiger partial charge < -0.3 is 10.0 Å². The van der Waals surface area contributed by atoms with Gasteiger partial charge in [0.15, 0.2) is 0 Å². The number of carboxylic acid groups (broad SMARTS) is 1. The number of nitrogens with zero attached hydrogens (tertiary/aromatic N) is 1. The molecule has 110 valence electrons. The number of hydrogen-bond donors (Lipinski definition) is 1. The number of carboxylic acids is 1. The lowest BCUT2D eigenvalue weighted by molar-refractivity contribution is -0.136. The smallest absolute Gasteiger partial charge is 0.305 e. The lowest BCUT2D eigenvalue weighted by Crippen LogP contribution is -2.32. The molecule has 20 heavy (non-hydrogen) atoms. The number of carbonyl (C=O) groups excluding carboxylic acids is 1. The SMILES string of the molecule is CCCCC(=O)N(CCC(=O)O)c1ccc(F)c(Cl)c1. The first-order chi connectivity index (χ1) is 9.45. The summed E-state index contributed by atoms with van der Waals surface area (Å²) in [5.74, 6) is -1.75. The zero-order valence-corrected chi connectivity index (χ0v) is 12.0. The zero-order valence-electron chi connectivity index (χ0n) is 11.2. The summed E-state index contributed by atoms with van der Waals surface area (Å²) in [7, 11) is 0. The highest BCUT2D eigenvalue weighted by Gasteiger charge is 2.17. The first kappa shape index (κ1) is 16.4. The number of aliphatic carboxylic acids is 1. The molecule has 0 spiro atoms. The van der Waals surface area contributed by atoms with Gasteiger partial charge >= 0.3 is 5.97 Å². The molecule has 1 aromatic carbocycles. The molecule has 6 heteroatoms. The summed E-state index contributed by atoms with van der Waals surface area (Å²) >= 11 is 5.70. The quantitative estimate of drug-likeness (QED) is 0.839. The summed E-state index contributed by atoms with van der Waals surface area (Å²) in [6.07, 6.45) is 1.73. The van der Waals surface area contributed by atoms with E-state index in [1.165, 1.54) is 23.1 Å². The van der Waals surface area contributed by atoms with Crippen LogP contribution < -0.4 is 4.90 Å². The van der Waals surface area contributed by atoms with Gasteiger partial charge in [-0.3, -0.25) is 9.59 Å². The van der Waals surface area contributed by atoms with Crippen LogP contribution in [0.25, 0.3) is 0 Å². The molecule has 0 fully saturated rings. The van der Waals surface area contributed by atoms with Gasteiger partial charge in [-0.15, -0.1) is 0 Å². The third-order valence-electron chi connectivity index (χ3n) is 2.81. The Morgan fingerprint density at radius 2 is 2.05 bits per heavy atom. The van der Waals surface area contributed by atoms with Gasteiger partial charge in [0.2, 0.25) is 5.91 Å². The molecule has 1 rings (SSSR count). The normalized spacial score (nSPS) is 10.3. The van der Waals surface area contributed by atoms with E-state index in [-0.39, 0.29) is 23.9 Å². The van der Waals surface area contributed by atoms with Crippen molar-refractivity contribution in [3.05, 3.63) is 29.0 Å². The van der Waals surface area contributed by atoms with E-state index >= 15 is 0 Å². The van der Waals surface area contributed by atoms with Crippen LogP contribution in [0.2, 0.25) is 5.02 Å². The van der Waals surface area contributed by atoms with Crippen molar-refractivity contribution in [3.63, 3.8) is 0 Å². The third-order valence-corrected chi connectivity index (χ3v) is 3.10. The molecule has 0 saturated carbocycles. The molecule has 0 radical (unpaired) electrons. The molecule has 0 aliphatic heterocycles. The molecule has 1 aromatic rings. The van der Waals surface area contributed by atoms with Crippen LogP contribution in [0, 0.1) is 5.82 Å². The summed E-state index contributed by atoms with van der Waals surface area (Å²) < 4.78 is 13.2. The molecular formula is C14H17ClFNO3. The van der Waals surface area contributed by atoms with Gasteiger partial charge in [-0.1, -0.05) is 24.9 Å². The standard InChI is InChI=1S/C14H17ClFNO3/c1-2-3-4-13(18)17(8-7-14(19)20)10-5-6-12(16)11(15)9-10/h5-6,9H,2-4,7-8H2,1H3,(H,19,20). The van der Waals surface area contributed by atoms with Crippen LogP contribution in [-0.4, -0.2) is 23.5 Å². The second-order valence-electron chi connectivity index (χ2n) is 4.39. The predicted octanol–water partition coefficient (Wildman–Crippen LogP) is 3.48. The van der Waals surface area contributed by atoms with Gasteiger partial charge in [-0.2, -0.15) is 0 Å². The average molecular weight is 302 g/mol. The van der Waals surface area contributed by atoms with Crippen molar-refractivity contribution in [3.8, 4) is 0 Å². The summed E-state index contributed by atoms with van der Waals surface area (Å²) in [5.41, 5.74) is 0.416. The van der Waals surface area contributed by atoms with Crippen LogP contribution in [0.3, 0.4) is 0 Å². The molecule has 0 aromatic heterocycles. The Balaban J connectivity index is 2.92. The maximum Gasteiger partial charge on any atom is 0.305 e. The summed E-state index contributed by atoms with van der Waals surface area (Å²) in [4.78, 5) is 24.1. The molecular weight excluding hydrogens is 285 g/mol. The van der Waals surface area contributed by atoms with Crippen LogP contribution in [0.5, 0.6) is 0 Å². The van der Waals surface area contributed by atoms with E-state index in [4.69, 9.17) is 16.7 Å². The fourth-order valence-electron chi connectivity index (χ4n) is 1.72. The van der Waals surface area contributed by atoms with Gasteiger partial charge in [-0.05, 0) is 24.6 Å². The number of carbonyl (C=O) groups is 2. The molecule has 1 amide bonds. The highest BCUT2D eigenvalue weighted by molar-refractivity contribution is 6.31. The molecule has 0 saturated heterocycles. The van der Waals surface area contributed by atoms with E-state index in [0.717, 1.165) is 12.8 Å². The van der Waals surface area contributed by atoms with E-state index in [9.17, 15) is 14.0 Å². The van der Waals surface area contributed by atoms with Crippen LogP contribution in [0.4, 0.5) is 10.1 Å². The largest absolute Gasteiger partial charge is 0.481 e. The van der Waals surface area contributed by atoms with Gasteiger partial charge in [-0.25, -0.2) is 4.39 Å². The Morgan fingerprint density at radius 3 is 2.60 bits per heavy atom. The van der Waals surface area contributed by atoms with E-state index < -0.39 is 11.8 Å². The Hall–Kier alpha value is -1.62. The Kier molecular flexibility index (Phi) is 6.45. The monoisotopic (exact) mass is 301 g/mol. The Labute approximate surface area is 122 Å². The molecule has 1 N–H and O–H groups in total. The first-order valence-corrected chi connectivity index (χ1v) is 6.80. The van der Waals surface area contributed by atoms with E-state index in [2.05, 4.69) is 0 Å². The van der Waals surface area contributed by atoms with E-state index in [1.807, 2.05) is 6.92 Å². The second kappa shape index (κ2) is 7.85. The minimum atomic E-state index is -0.994.